The van der Waals surface area contributed by atoms with E-state index in [2.05, 4.69) is 21.4 Å². The average molecular weight is 351 g/mol. The van der Waals surface area contributed by atoms with Crippen molar-refractivity contribution in [3.8, 4) is 6.07 Å². The van der Waals surface area contributed by atoms with Gasteiger partial charge in [0, 0.05) is 36.5 Å². The van der Waals surface area contributed by atoms with E-state index in [-0.39, 0.29) is 11.3 Å². The molecule has 124 valence electrons. The maximum Gasteiger partial charge on any atom is 0.417 e. The number of dihydropyridines is 1. The number of hydrogen-bond donors (Lipinski definition) is 1. The van der Waals surface area contributed by atoms with Gasteiger partial charge in [0.15, 0.2) is 5.65 Å². The topological polar surface area (TPSA) is 66.5 Å². The van der Waals surface area contributed by atoms with Crippen LogP contribution < -0.4 is 5.32 Å². The van der Waals surface area contributed by atoms with Crippen LogP contribution in [0.25, 0.3) is 16.7 Å². The molecule has 5 nitrogen and oxygen atoms in total. The zero-order valence-electron chi connectivity index (χ0n) is 12.6. The van der Waals surface area contributed by atoms with Gasteiger partial charge in [-0.25, -0.2) is 9.97 Å². The molecule has 0 amide bonds. The molecular formula is C15H12F3N5S. The summed E-state index contributed by atoms with van der Waals surface area (Å²) in [6.45, 7) is 0.580. The molecule has 2 aromatic rings. The first-order chi connectivity index (χ1) is 11.4. The predicted octanol–water partition coefficient (Wildman–Crippen LogP) is 3.07. The Bertz CT molecular complexity index is 889. The number of aromatic nitrogens is 3. The zero-order chi connectivity index (χ0) is 17.3. The van der Waals surface area contributed by atoms with Crippen LogP contribution in [0.5, 0.6) is 0 Å². The van der Waals surface area contributed by atoms with E-state index in [1.54, 1.807) is 17.8 Å². The Balaban J connectivity index is 2.06. The van der Waals surface area contributed by atoms with Gasteiger partial charge in [0.05, 0.1) is 17.4 Å². The number of alkyl halides is 3. The van der Waals surface area contributed by atoms with E-state index in [9.17, 15) is 13.2 Å². The molecule has 0 spiro atoms. The molecule has 0 atom stereocenters. The third kappa shape index (κ3) is 2.97. The third-order valence-electron chi connectivity index (χ3n) is 3.49. The number of nitrogens with one attached hydrogen (secondary N) is 1. The summed E-state index contributed by atoms with van der Waals surface area (Å²) in [5.74, 6) is 0.792. The smallest absolute Gasteiger partial charge is 0.386 e. The van der Waals surface area contributed by atoms with Gasteiger partial charge in [-0.3, -0.25) is 0 Å². The summed E-state index contributed by atoms with van der Waals surface area (Å²) in [6.07, 6.45) is 0.0310. The molecule has 0 fully saturated rings. The van der Waals surface area contributed by atoms with Crippen molar-refractivity contribution in [2.45, 2.75) is 6.18 Å². The molecule has 1 N–H and O–H groups in total. The van der Waals surface area contributed by atoms with E-state index in [1.165, 1.54) is 11.8 Å². The molecule has 0 bridgehead atoms. The fourth-order valence-corrected chi connectivity index (χ4v) is 3.11. The molecule has 3 rings (SSSR count). The van der Waals surface area contributed by atoms with Crippen LogP contribution in [0.1, 0.15) is 11.4 Å². The summed E-state index contributed by atoms with van der Waals surface area (Å²) < 4.78 is 40.2. The molecule has 0 saturated carbocycles. The van der Waals surface area contributed by atoms with Crippen LogP contribution in [0, 0.1) is 11.3 Å². The first kappa shape index (κ1) is 16.4. The number of rotatable bonds is 3. The Hall–Kier alpha value is -2.47. The Kier molecular flexibility index (Phi) is 4.24. The van der Waals surface area contributed by atoms with Crippen LogP contribution >= 0.6 is 11.8 Å². The lowest BCUT2D eigenvalue weighted by atomic mass is 10.2. The number of allylic oxidation sites excluding steroid dienone is 1. The molecule has 24 heavy (non-hydrogen) atoms. The van der Waals surface area contributed by atoms with E-state index < -0.39 is 11.7 Å². The summed E-state index contributed by atoms with van der Waals surface area (Å²) in [6, 6.07) is 3.05. The average Bonchev–Trinajstić information content (AvgIpc) is 2.89. The zero-order valence-corrected chi connectivity index (χ0v) is 13.4. The molecule has 0 aromatic carbocycles. The molecule has 0 aliphatic carbocycles. The molecule has 9 heteroatoms. The number of pyridine rings is 1. The van der Waals surface area contributed by atoms with Gasteiger partial charge in [0.1, 0.15) is 11.3 Å². The highest BCUT2D eigenvalue weighted by molar-refractivity contribution is 8.03. The summed E-state index contributed by atoms with van der Waals surface area (Å²) in [4.78, 5) is 9.06. The van der Waals surface area contributed by atoms with Crippen LogP contribution in [0.4, 0.5) is 13.2 Å². The minimum absolute atomic E-state index is 0.186. The van der Waals surface area contributed by atoms with Crippen molar-refractivity contribution in [2.75, 3.05) is 12.3 Å². The van der Waals surface area contributed by atoms with Crippen molar-refractivity contribution < 1.29 is 13.2 Å². The van der Waals surface area contributed by atoms with E-state index in [1.807, 2.05) is 6.08 Å². The molecule has 0 unspecified atom stereocenters. The van der Waals surface area contributed by atoms with Crippen LogP contribution in [0.2, 0.25) is 0 Å². The summed E-state index contributed by atoms with van der Waals surface area (Å²) in [5.41, 5.74) is 0.519. The summed E-state index contributed by atoms with van der Waals surface area (Å²) in [7, 11) is 1.71. The lowest BCUT2D eigenvalue weighted by molar-refractivity contribution is -0.137. The molecule has 0 radical (unpaired) electrons. The number of nitrogens with zero attached hydrogens (tertiary/aromatic N) is 4. The van der Waals surface area contributed by atoms with Gasteiger partial charge in [0.25, 0.3) is 0 Å². The second kappa shape index (κ2) is 6.20. The van der Waals surface area contributed by atoms with Crippen LogP contribution in [-0.2, 0) is 13.2 Å². The van der Waals surface area contributed by atoms with Crippen molar-refractivity contribution in [2.24, 2.45) is 7.05 Å². The number of thioether (sulfide) groups is 1. The van der Waals surface area contributed by atoms with Crippen molar-refractivity contribution >= 4 is 28.5 Å². The predicted molar refractivity (Wildman–Crippen MR) is 85.6 cm³/mol. The first-order valence-corrected chi connectivity index (χ1v) is 7.94. The van der Waals surface area contributed by atoms with Crippen molar-refractivity contribution in [1.29, 1.82) is 5.26 Å². The Labute approximate surface area is 139 Å². The summed E-state index contributed by atoms with van der Waals surface area (Å²) >= 11 is 1.34. The maximum absolute atomic E-state index is 12.8. The molecule has 1 aliphatic rings. The quantitative estimate of drug-likeness (QED) is 0.921. The molecule has 2 aromatic heterocycles. The van der Waals surface area contributed by atoms with Gasteiger partial charge in [-0.1, -0.05) is 6.08 Å². The van der Waals surface area contributed by atoms with Gasteiger partial charge in [-0.15, -0.1) is 11.8 Å². The highest BCUT2D eigenvalue weighted by Crippen LogP contribution is 2.34. The minimum atomic E-state index is -4.46. The van der Waals surface area contributed by atoms with E-state index in [4.69, 9.17) is 5.26 Å². The molecule has 3 heterocycles. The number of fused-ring (bicyclic) bond motifs is 1. The van der Waals surface area contributed by atoms with Crippen molar-refractivity contribution in [3.63, 3.8) is 0 Å². The fourth-order valence-electron chi connectivity index (χ4n) is 2.39. The lowest BCUT2D eigenvalue weighted by Crippen LogP contribution is -2.13. The number of aryl methyl sites for hydroxylation is 1. The van der Waals surface area contributed by atoms with Gasteiger partial charge in [-0.05, 0) is 6.07 Å². The van der Waals surface area contributed by atoms with Gasteiger partial charge >= 0.3 is 6.18 Å². The van der Waals surface area contributed by atoms with Crippen molar-refractivity contribution in [3.05, 3.63) is 40.8 Å². The van der Waals surface area contributed by atoms with E-state index in [0.29, 0.717) is 18.0 Å². The largest absolute Gasteiger partial charge is 0.417 e. The van der Waals surface area contributed by atoms with Crippen LogP contribution in [0.15, 0.2) is 29.4 Å². The fraction of sp³-hybridized carbons (Fsp3) is 0.267. The third-order valence-corrected chi connectivity index (χ3v) is 4.41. The Morgan fingerprint density at radius 1 is 1.46 bits per heavy atom. The first-order valence-electron chi connectivity index (χ1n) is 6.95. The van der Waals surface area contributed by atoms with Crippen LogP contribution in [-0.4, -0.2) is 26.8 Å². The monoisotopic (exact) mass is 351 g/mol. The molecule has 0 saturated heterocycles. The van der Waals surface area contributed by atoms with Crippen molar-refractivity contribution in [1.82, 2.24) is 19.9 Å². The lowest BCUT2D eigenvalue weighted by Gasteiger charge is -2.15. The highest BCUT2D eigenvalue weighted by Gasteiger charge is 2.32. The second-order valence-electron chi connectivity index (χ2n) is 5.04. The SMILES string of the molecule is Cn1c(C2=CCNC=C2SCC#N)nc2cc(C(F)(F)F)cnc21. The number of hydrogen-bond acceptors (Lipinski definition) is 5. The summed E-state index contributed by atoms with van der Waals surface area (Å²) in [5, 5.41) is 11.8. The standard InChI is InChI=1S/C15H12F3N5S/c1-23-13(10-2-4-20-8-12(10)24-5-3-19)22-11-6-9(15(16,17)18)7-21-14(11)23/h2,6-8,20H,4-5H2,1H3. The highest BCUT2D eigenvalue weighted by atomic mass is 32.2. The minimum Gasteiger partial charge on any atom is -0.386 e. The number of nitriles is 1. The number of halogens is 3. The van der Waals surface area contributed by atoms with E-state index >= 15 is 0 Å². The van der Waals surface area contributed by atoms with Gasteiger partial charge < -0.3 is 9.88 Å². The number of imidazole rings is 1. The second-order valence-corrected chi connectivity index (χ2v) is 6.06. The molecule has 1 aliphatic heterocycles. The Morgan fingerprint density at radius 2 is 2.25 bits per heavy atom. The maximum atomic E-state index is 12.8. The van der Waals surface area contributed by atoms with Gasteiger partial charge in [-0.2, -0.15) is 18.4 Å². The normalized spacial score (nSPS) is 14.8. The Morgan fingerprint density at radius 3 is 2.96 bits per heavy atom. The van der Waals surface area contributed by atoms with Gasteiger partial charge in [0.2, 0.25) is 0 Å². The van der Waals surface area contributed by atoms with E-state index in [0.717, 1.165) is 22.7 Å². The van der Waals surface area contributed by atoms with Crippen LogP contribution in [0.3, 0.4) is 0 Å². The molecular weight excluding hydrogens is 339 g/mol.